The number of alkyl halides is 3. The van der Waals surface area contributed by atoms with E-state index in [0.29, 0.717) is 0 Å². The standard InChI is InChI=1S/C13H7F3N4O2/c1-22-12(21)11-18-9(10(19-20-11)13(14,15)16)8-4-2-7(6-17)3-5-8/h2-5H,1H3. The van der Waals surface area contributed by atoms with Crippen molar-refractivity contribution in [2.24, 2.45) is 0 Å². The highest BCUT2D eigenvalue weighted by molar-refractivity contribution is 5.85. The maximum absolute atomic E-state index is 13.0. The summed E-state index contributed by atoms with van der Waals surface area (Å²) in [5, 5.41) is 14.9. The number of halogens is 3. The monoisotopic (exact) mass is 308 g/mol. The van der Waals surface area contributed by atoms with Crippen molar-refractivity contribution in [2.45, 2.75) is 6.18 Å². The van der Waals surface area contributed by atoms with E-state index >= 15 is 0 Å². The average Bonchev–Trinajstić information content (AvgIpc) is 2.52. The van der Waals surface area contributed by atoms with Gasteiger partial charge in [0.15, 0.2) is 5.69 Å². The van der Waals surface area contributed by atoms with Crippen LogP contribution in [0.4, 0.5) is 13.2 Å². The Morgan fingerprint density at radius 2 is 1.86 bits per heavy atom. The van der Waals surface area contributed by atoms with Crippen LogP contribution >= 0.6 is 0 Å². The molecule has 0 aliphatic rings. The normalized spacial score (nSPS) is 10.9. The Balaban J connectivity index is 2.63. The first kappa shape index (κ1) is 15.4. The Morgan fingerprint density at radius 1 is 1.23 bits per heavy atom. The summed E-state index contributed by atoms with van der Waals surface area (Å²) in [6.45, 7) is 0. The summed E-state index contributed by atoms with van der Waals surface area (Å²) in [6.07, 6.45) is -4.79. The van der Waals surface area contributed by atoms with Crippen LogP contribution in [0.3, 0.4) is 0 Å². The van der Waals surface area contributed by atoms with Crippen LogP contribution in [0, 0.1) is 11.3 Å². The van der Waals surface area contributed by atoms with Crippen LogP contribution in [0.2, 0.25) is 0 Å². The summed E-state index contributed by atoms with van der Waals surface area (Å²) in [5.74, 6) is -1.59. The number of nitriles is 1. The molecule has 0 N–H and O–H groups in total. The van der Waals surface area contributed by atoms with Crippen LogP contribution in [-0.2, 0) is 10.9 Å². The van der Waals surface area contributed by atoms with Crippen molar-refractivity contribution in [2.75, 3.05) is 7.11 Å². The number of benzene rings is 1. The van der Waals surface area contributed by atoms with Gasteiger partial charge in [0.25, 0.3) is 5.82 Å². The highest BCUT2D eigenvalue weighted by Crippen LogP contribution is 2.34. The summed E-state index contributed by atoms with van der Waals surface area (Å²) in [7, 11) is 1.05. The zero-order valence-corrected chi connectivity index (χ0v) is 11.0. The number of ether oxygens (including phenoxy) is 1. The van der Waals surface area contributed by atoms with Crippen LogP contribution in [0.15, 0.2) is 24.3 Å². The lowest BCUT2D eigenvalue weighted by molar-refractivity contribution is -0.141. The second-order valence-electron chi connectivity index (χ2n) is 4.01. The van der Waals surface area contributed by atoms with E-state index in [1.54, 1.807) is 0 Å². The maximum atomic E-state index is 13.0. The van der Waals surface area contributed by atoms with E-state index in [1.165, 1.54) is 24.3 Å². The predicted octanol–water partition coefficient (Wildman–Crippen LogP) is 2.22. The summed E-state index contributed by atoms with van der Waals surface area (Å²) in [4.78, 5) is 14.9. The first-order valence-corrected chi connectivity index (χ1v) is 5.77. The Labute approximate surface area is 122 Å². The van der Waals surface area contributed by atoms with Gasteiger partial charge in [-0.1, -0.05) is 12.1 Å². The van der Waals surface area contributed by atoms with Gasteiger partial charge in [-0.05, 0) is 12.1 Å². The smallest absolute Gasteiger partial charge is 0.437 e. The molecule has 0 unspecified atom stereocenters. The number of hydrogen-bond acceptors (Lipinski definition) is 6. The number of methoxy groups -OCH3 is 1. The van der Waals surface area contributed by atoms with E-state index < -0.39 is 29.4 Å². The summed E-state index contributed by atoms with van der Waals surface area (Å²) in [5.41, 5.74) is -1.57. The van der Waals surface area contributed by atoms with Crippen molar-refractivity contribution in [3.63, 3.8) is 0 Å². The van der Waals surface area contributed by atoms with Gasteiger partial charge in [0.1, 0.15) is 5.69 Å². The van der Waals surface area contributed by atoms with Gasteiger partial charge in [-0.2, -0.15) is 18.4 Å². The molecule has 0 bridgehead atoms. The van der Waals surface area contributed by atoms with E-state index in [1.807, 2.05) is 6.07 Å². The fourth-order valence-corrected chi connectivity index (χ4v) is 1.60. The van der Waals surface area contributed by atoms with Crippen LogP contribution in [0.5, 0.6) is 0 Å². The van der Waals surface area contributed by atoms with Crippen LogP contribution in [0.25, 0.3) is 11.3 Å². The van der Waals surface area contributed by atoms with Crippen molar-refractivity contribution >= 4 is 5.97 Å². The van der Waals surface area contributed by atoms with Crippen LogP contribution in [-0.4, -0.2) is 28.3 Å². The molecule has 0 aliphatic carbocycles. The Bertz CT molecular complexity index is 751. The number of hydrogen-bond donors (Lipinski definition) is 0. The highest BCUT2D eigenvalue weighted by atomic mass is 19.4. The summed E-state index contributed by atoms with van der Waals surface area (Å²) >= 11 is 0. The minimum atomic E-state index is -4.79. The highest BCUT2D eigenvalue weighted by Gasteiger charge is 2.38. The number of carbonyl (C=O) groups excluding carboxylic acids is 1. The molecule has 0 saturated carbocycles. The molecule has 0 spiro atoms. The fourth-order valence-electron chi connectivity index (χ4n) is 1.60. The van der Waals surface area contributed by atoms with E-state index in [9.17, 15) is 18.0 Å². The van der Waals surface area contributed by atoms with Crippen molar-refractivity contribution in [3.8, 4) is 17.3 Å². The Kier molecular flexibility index (Phi) is 4.03. The first-order chi connectivity index (χ1) is 10.4. The summed E-state index contributed by atoms with van der Waals surface area (Å²) < 4.78 is 43.3. The molecule has 0 amide bonds. The van der Waals surface area contributed by atoms with Crippen LogP contribution < -0.4 is 0 Å². The number of aromatic nitrogens is 3. The fraction of sp³-hybridized carbons (Fsp3) is 0.154. The van der Waals surface area contributed by atoms with Gasteiger partial charge in [-0.15, -0.1) is 10.2 Å². The number of nitrogens with zero attached hydrogens (tertiary/aromatic N) is 4. The van der Waals surface area contributed by atoms with Crippen LogP contribution in [0.1, 0.15) is 21.9 Å². The lowest BCUT2D eigenvalue weighted by Crippen LogP contribution is -2.17. The van der Waals surface area contributed by atoms with Gasteiger partial charge in [-0.3, -0.25) is 0 Å². The molecular weight excluding hydrogens is 301 g/mol. The molecule has 0 atom stereocenters. The molecule has 9 heteroatoms. The minimum absolute atomic E-state index is 0.0476. The second-order valence-corrected chi connectivity index (χ2v) is 4.01. The Morgan fingerprint density at radius 3 is 2.36 bits per heavy atom. The lowest BCUT2D eigenvalue weighted by Gasteiger charge is -2.11. The molecule has 22 heavy (non-hydrogen) atoms. The molecule has 6 nitrogen and oxygen atoms in total. The third kappa shape index (κ3) is 3.01. The molecule has 0 radical (unpaired) electrons. The number of esters is 1. The van der Waals surface area contributed by atoms with Crippen molar-refractivity contribution in [3.05, 3.63) is 41.3 Å². The molecule has 0 aliphatic heterocycles. The van der Waals surface area contributed by atoms with E-state index in [0.717, 1.165) is 7.11 Å². The zero-order chi connectivity index (χ0) is 16.3. The SMILES string of the molecule is COC(=O)c1nnc(C(F)(F)F)c(-c2ccc(C#N)cc2)n1. The number of carbonyl (C=O) groups is 1. The minimum Gasteiger partial charge on any atom is -0.463 e. The topological polar surface area (TPSA) is 88.8 Å². The molecule has 1 heterocycles. The van der Waals surface area contributed by atoms with Crippen molar-refractivity contribution in [1.29, 1.82) is 5.26 Å². The number of rotatable bonds is 2. The Hall–Kier alpha value is -3.02. The van der Waals surface area contributed by atoms with Crippen molar-refractivity contribution in [1.82, 2.24) is 15.2 Å². The van der Waals surface area contributed by atoms with Gasteiger partial charge < -0.3 is 4.74 Å². The molecule has 1 aromatic carbocycles. The van der Waals surface area contributed by atoms with E-state index in [-0.39, 0.29) is 11.1 Å². The van der Waals surface area contributed by atoms with E-state index in [2.05, 4.69) is 19.9 Å². The van der Waals surface area contributed by atoms with Gasteiger partial charge in [0.05, 0.1) is 18.7 Å². The summed E-state index contributed by atoms with van der Waals surface area (Å²) in [6, 6.07) is 7.06. The molecule has 2 aromatic rings. The molecule has 112 valence electrons. The molecule has 0 saturated heterocycles. The first-order valence-electron chi connectivity index (χ1n) is 5.77. The average molecular weight is 308 g/mol. The molecule has 0 fully saturated rings. The van der Waals surface area contributed by atoms with Gasteiger partial charge >= 0.3 is 12.1 Å². The molecular formula is C13H7F3N4O2. The zero-order valence-electron chi connectivity index (χ0n) is 11.0. The van der Waals surface area contributed by atoms with Gasteiger partial charge in [0.2, 0.25) is 0 Å². The van der Waals surface area contributed by atoms with Gasteiger partial charge in [-0.25, -0.2) is 9.78 Å². The third-order valence-electron chi connectivity index (χ3n) is 2.61. The van der Waals surface area contributed by atoms with E-state index in [4.69, 9.17) is 5.26 Å². The predicted molar refractivity (Wildman–Crippen MR) is 66.3 cm³/mol. The molecule has 1 aromatic heterocycles. The largest absolute Gasteiger partial charge is 0.463 e. The third-order valence-corrected chi connectivity index (χ3v) is 2.61. The quantitative estimate of drug-likeness (QED) is 0.790. The second kappa shape index (κ2) is 5.77. The lowest BCUT2D eigenvalue weighted by atomic mass is 10.1. The maximum Gasteiger partial charge on any atom is 0.437 e. The van der Waals surface area contributed by atoms with Gasteiger partial charge in [0, 0.05) is 5.56 Å². The molecule has 2 rings (SSSR count). The van der Waals surface area contributed by atoms with Crippen molar-refractivity contribution < 1.29 is 22.7 Å².